The number of hydrogen-bond donors (Lipinski definition) is 2. The normalized spacial score (nSPS) is 24.7. The molecule has 2 N–H and O–H groups in total. The quantitative estimate of drug-likeness (QED) is 0.868. The van der Waals surface area contributed by atoms with E-state index in [0.29, 0.717) is 17.6 Å². The molecule has 0 radical (unpaired) electrons. The molecule has 0 aliphatic carbocycles. The van der Waals surface area contributed by atoms with Crippen LogP contribution in [0.2, 0.25) is 0 Å². The third kappa shape index (κ3) is 3.39. The number of rotatable bonds is 4. The second-order valence-corrected chi connectivity index (χ2v) is 6.47. The summed E-state index contributed by atoms with van der Waals surface area (Å²) in [6, 6.07) is 7.03. The maximum atomic E-state index is 12.4. The van der Waals surface area contributed by atoms with E-state index >= 15 is 0 Å². The molecule has 138 valence electrons. The van der Waals surface area contributed by atoms with E-state index in [9.17, 15) is 18.0 Å². The van der Waals surface area contributed by atoms with E-state index < -0.39 is 12.1 Å². The minimum Gasteiger partial charge on any atom is -0.425 e. The minimum absolute atomic E-state index is 0.132. The van der Waals surface area contributed by atoms with Gasteiger partial charge in [-0.15, -0.1) is 0 Å². The molecule has 1 amide bonds. The van der Waals surface area contributed by atoms with Gasteiger partial charge in [-0.3, -0.25) is 4.79 Å². The number of alkyl halides is 3. The zero-order valence-electron chi connectivity index (χ0n) is 13.5. The third-order valence-electron chi connectivity index (χ3n) is 4.68. The Kier molecular flexibility index (Phi) is 4.10. The van der Waals surface area contributed by atoms with E-state index in [1.165, 1.54) is 12.1 Å². The fourth-order valence-corrected chi connectivity index (χ4v) is 3.46. The van der Waals surface area contributed by atoms with Gasteiger partial charge in [-0.05, 0) is 43.5 Å². The molecule has 2 aliphatic heterocycles. The first kappa shape index (κ1) is 16.9. The van der Waals surface area contributed by atoms with Gasteiger partial charge in [0.1, 0.15) is 11.9 Å². The topological polar surface area (TPSA) is 76.4 Å². The highest BCUT2D eigenvalue weighted by Crippen LogP contribution is 2.32. The van der Waals surface area contributed by atoms with Gasteiger partial charge in [-0.1, -0.05) is 0 Å². The van der Waals surface area contributed by atoms with Crippen LogP contribution in [0.1, 0.15) is 35.5 Å². The Bertz CT molecular complexity index is 804. The first-order valence-electron chi connectivity index (χ1n) is 8.26. The standard InChI is InChI=1S/C17H16F3N3O3/c18-17(19,20)16-21-8-14(26-16)25-11-4-1-9(2-5-11)15(24)23-13-7-10-3-6-12(13)22-10/h1-2,4-5,8,10,12-13,22H,3,6-7H2,(H,23,24). The second-order valence-electron chi connectivity index (χ2n) is 6.47. The largest absolute Gasteiger partial charge is 0.469 e. The molecular weight excluding hydrogens is 351 g/mol. The van der Waals surface area contributed by atoms with Gasteiger partial charge in [0, 0.05) is 23.7 Å². The SMILES string of the molecule is O=C(NC1CC2CCC1N2)c1ccc(Oc2cnc(C(F)(F)F)o2)cc1. The molecule has 26 heavy (non-hydrogen) atoms. The van der Waals surface area contributed by atoms with Gasteiger partial charge in [0.25, 0.3) is 5.91 Å². The molecule has 0 saturated carbocycles. The fourth-order valence-electron chi connectivity index (χ4n) is 3.46. The third-order valence-corrected chi connectivity index (χ3v) is 4.68. The highest BCUT2D eigenvalue weighted by atomic mass is 19.4. The number of halogens is 3. The van der Waals surface area contributed by atoms with Crippen LogP contribution in [0.25, 0.3) is 0 Å². The monoisotopic (exact) mass is 367 g/mol. The Morgan fingerprint density at radius 2 is 2.04 bits per heavy atom. The van der Waals surface area contributed by atoms with Gasteiger partial charge >= 0.3 is 18.0 Å². The number of carbonyl (C=O) groups excluding carboxylic acids is 1. The summed E-state index contributed by atoms with van der Waals surface area (Å²) in [6.45, 7) is 0. The van der Waals surface area contributed by atoms with Crippen LogP contribution in [0.3, 0.4) is 0 Å². The predicted octanol–water partition coefficient (Wildman–Crippen LogP) is 3.11. The zero-order chi connectivity index (χ0) is 18.3. The van der Waals surface area contributed by atoms with Crippen molar-refractivity contribution in [1.29, 1.82) is 0 Å². The molecule has 0 spiro atoms. The van der Waals surface area contributed by atoms with Crippen LogP contribution in [-0.2, 0) is 6.18 Å². The molecular formula is C17H16F3N3O3. The highest BCUT2D eigenvalue weighted by molar-refractivity contribution is 5.94. The number of fused-ring (bicyclic) bond motifs is 2. The van der Waals surface area contributed by atoms with Crippen LogP contribution in [0.5, 0.6) is 11.7 Å². The van der Waals surface area contributed by atoms with Gasteiger partial charge in [0.2, 0.25) is 0 Å². The predicted molar refractivity (Wildman–Crippen MR) is 83.8 cm³/mol. The van der Waals surface area contributed by atoms with E-state index in [-0.39, 0.29) is 23.6 Å². The molecule has 2 saturated heterocycles. The molecule has 1 aromatic heterocycles. The van der Waals surface area contributed by atoms with Crippen molar-refractivity contribution in [2.75, 3.05) is 0 Å². The van der Waals surface area contributed by atoms with E-state index in [1.54, 1.807) is 12.1 Å². The van der Waals surface area contributed by atoms with Crippen LogP contribution >= 0.6 is 0 Å². The summed E-state index contributed by atoms with van der Waals surface area (Å²) in [5, 5.41) is 6.47. The molecule has 1 aromatic carbocycles. The molecule has 6 nitrogen and oxygen atoms in total. The average molecular weight is 367 g/mol. The van der Waals surface area contributed by atoms with Crippen molar-refractivity contribution in [3.05, 3.63) is 41.9 Å². The number of aromatic nitrogens is 1. The summed E-state index contributed by atoms with van der Waals surface area (Å²) in [5.74, 6) is -1.69. The Balaban J connectivity index is 1.37. The van der Waals surface area contributed by atoms with E-state index in [4.69, 9.17) is 4.74 Å². The van der Waals surface area contributed by atoms with Crippen LogP contribution < -0.4 is 15.4 Å². The average Bonchev–Trinajstić information content (AvgIpc) is 3.31. The number of amides is 1. The van der Waals surface area contributed by atoms with Crippen molar-refractivity contribution in [2.24, 2.45) is 0 Å². The Labute approximate surface area is 146 Å². The van der Waals surface area contributed by atoms with E-state index in [2.05, 4.69) is 20.0 Å². The van der Waals surface area contributed by atoms with Gasteiger partial charge in [-0.2, -0.15) is 13.2 Å². The number of nitrogens with zero attached hydrogens (tertiary/aromatic N) is 1. The molecule has 3 unspecified atom stereocenters. The van der Waals surface area contributed by atoms with Crippen molar-refractivity contribution in [3.8, 4) is 11.7 Å². The summed E-state index contributed by atoms with van der Waals surface area (Å²) in [5.41, 5.74) is 0.452. The lowest BCUT2D eigenvalue weighted by Gasteiger charge is -2.21. The summed E-state index contributed by atoms with van der Waals surface area (Å²) >= 11 is 0. The highest BCUT2D eigenvalue weighted by Gasteiger charge is 2.40. The van der Waals surface area contributed by atoms with Crippen molar-refractivity contribution in [2.45, 2.75) is 43.6 Å². The summed E-state index contributed by atoms with van der Waals surface area (Å²) in [6.07, 6.45) is -0.658. The number of hydrogen-bond acceptors (Lipinski definition) is 5. The fraction of sp³-hybridized carbons (Fsp3) is 0.412. The van der Waals surface area contributed by atoms with E-state index in [1.807, 2.05) is 0 Å². The van der Waals surface area contributed by atoms with Crippen LogP contribution in [0.4, 0.5) is 13.2 Å². The smallest absolute Gasteiger partial charge is 0.425 e. The van der Waals surface area contributed by atoms with E-state index in [0.717, 1.165) is 25.5 Å². The van der Waals surface area contributed by atoms with Gasteiger partial charge in [-0.25, -0.2) is 4.98 Å². The summed E-state index contributed by atoms with van der Waals surface area (Å²) < 4.78 is 47.0. The maximum absolute atomic E-state index is 12.4. The zero-order valence-corrected chi connectivity index (χ0v) is 13.5. The Morgan fingerprint density at radius 3 is 2.62 bits per heavy atom. The lowest BCUT2D eigenvalue weighted by atomic mass is 9.95. The van der Waals surface area contributed by atoms with Crippen molar-refractivity contribution in [3.63, 3.8) is 0 Å². The van der Waals surface area contributed by atoms with Crippen molar-refractivity contribution < 1.29 is 27.1 Å². The van der Waals surface area contributed by atoms with Crippen LogP contribution in [0, 0.1) is 0 Å². The maximum Gasteiger partial charge on any atom is 0.469 e. The molecule has 2 aliphatic rings. The number of ether oxygens (including phenoxy) is 1. The molecule has 3 heterocycles. The molecule has 2 bridgehead atoms. The van der Waals surface area contributed by atoms with Gasteiger partial charge < -0.3 is 19.8 Å². The molecule has 2 aromatic rings. The Morgan fingerprint density at radius 1 is 1.27 bits per heavy atom. The number of carbonyl (C=O) groups is 1. The molecule has 3 atom stereocenters. The number of oxazole rings is 1. The molecule has 2 fully saturated rings. The van der Waals surface area contributed by atoms with Gasteiger partial charge in [0.05, 0.1) is 0 Å². The summed E-state index contributed by atoms with van der Waals surface area (Å²) in [4.78, 5) is 15.4. The van der Waals surface area contributed by atoms with Crippen molar-refractivity contribution in [1.82, 2.24) is 15.6 Å². The molecule has 4 rings (SSSR count). The van der Waals surface area contributed by atoms with Crippen molar-refractivity contribution >= 4 is 5.91 Å². The van der Waals surface area contributed by atoms with Crippen LogP contribution in [0.15, 0.2) is 34.9 Å². The number of nitrogens with one attached hydrogen (secondary N) is 2. The Hall–Kier alpha value is -2.55. The first-order chi connectivity index (χ1) is 12.4. The lowest BCUT2D eigenvalue weighted by molar-refractivity contribution is -0.157. The minimum atomic E-state index is -4.67. The number of benzene rings is 1. The molecule has 9 heteroatoms. The lowest BCUT2D eigenvalue weighted by Crippen LogP contribution is -2.42. The van der Waals surface area contributed by atoms with Crippen LogP contribution in [-0.4, -0.2) is 29.0 Å². The van der Waals surface area contributed by atoms with Gasteiger partial charge in [0.15, 0.2) is 0 Å². The first-order valence-corrected chi connectivity index (χ1v) is 8.26. The summed E-state index contributed by atoms with van der Waals surface area (Å²) in [7, 11) is 0. The second kappa shape index (κ2) is 6.31.